The Kier molecular flexibility index (Phi) is 8.26. The molecular formula is C18H25F3N2O4S. The van der Waals surface area contributed by atoms with Crippen LogP contribution < -0.4 is 4.18 Å². The van der Waals surface area contributed by atoms with Crippen LogP contribution in [0.15, 0.2) is 24.3 Å². The molecule has 0 radical (unpaired) electrons. The van der Waals surface area contributed by atoms with E-state index in [9.17, 15) is 22.2 Å². The maximum atomic E-state index is 12.4. The molecule has 28 heavy (non-hydrogen) atoms. The molecule has 0 aliphatic carbocycles. The minimum Gasteiger partial charge on any atom is -0.394 e. The Bertz CT molecular complexity index is 679. The average Bonchev–Trinajstić information content (AvgIpc) is 3.12. The molecule has 2 atom stereocenters. The molecule has 0 spiro atoms. The zero-order valence-corrected chi connectivity index (χ0v) is 16.7. The Balaban J connectivity index is 1.97. The Morgan fingerprint density at radius 3 is 2.71 bits per heavy atom. The first-order chi connectivity index (χ1) is 13.1. The molecule has 0 aromatic heterocycles. The van der Waals surface area contributed by atoms with Gasteiger partial charge < -0.3 is 13.8 Å². The molecule has 1 aliphatic heterocycles. The highest BCUT2D eigenvalue weighted by Crippen LogP contribution is 2.24. The van der Waals surface area contributed by atoms with Crippen LogP contribution >= 0.6 is 0 Å². The maximum Gasteiger partial charge on any atom is 0.508 e. The molecular weight excluding hydrogens is 397 g/mol. The molecule has 1 heterocycles. The zero-order chi connectivity index (χ0) is 20.7. The van der Waals surface area contributed by atoms with Gasteiger partial charge in [0.15, 0.2) is 0 Å². The highest BCUT2D eigenvalue weighted by Gasteiger charge is 2.40. The molecule has 1 saturated heterocycles. The van der Waals surface area contributed by atoms with Crippen molar-refractivity contribution in [1.29, 1.82) is 0 Å². The van der Waals surface area contributed by atoms with Gasteiger partial charge in [0.2, 0.25) is 5.91 Å². The Morgan fingerprint density at radius 1 is 1.36 bits per heavy atom. The SMILES string of the molecule is CN(C)C(=O)CN(CCc1cccc(OS(=O)C(F)(F)F)c1)CC1CCOC1. The predicted octanol–water partition coefficient (Wildman–Crippen LogP) is 2.22. The van der Waals surface area contributed by atoms with Crippen molar-refractivity contribution >= 4 is 17.0 Å². The van der Waals surface area contributed by atoms with Crippen LogP contribution in [0.4, 0.5) is 13.2 Å². The molecule has 158 valence electrons. The molecule has 1 amide bonds. The summed E-state index contributed by atoms with van der Waals surface area (Å²) in [6.07, 6.45) is 1.46. The number of ether oxygens (including phenoxy) is 1. The molecule has 1 aromatic carbocycles. The fourth-order valence-corrected chi connectivity index (χ4v) is 3.21. The number of nitrogens with zero attached hydrogens (tertiary/aromatic N) is 2. The maximum absolute atomic E-state index is 12.4. The molecule has 1 fully saturated rings. The number of alkyl halides is 3. The van der Waals surface area contributed by atoms with E-state index in [0.717, 1.165) is 18.6 Å². The second-order valence-electron chi connectivity index (χ2n) is 6.91. The highest BCUT2D eigenvalue weighted by atomic mass is 32.2. The number of amides is 1. The van der Waals surface area contributed by atoms with Gasteiger partial charge in [0, 0.05) is 33.8 Å². The fraction of sp³-hybridized carbons (Fsp3) is 0.611. The topological polar surface area (TPSA) is 59.1 Å². The summed E-state index contributed by atoms with van der Waals surface area (Å²) in [5, 5.41) is 0. The van der Waals surface area contributed by atoms with Crippen LogP contribution in [0.2, 0.25) is 0 Å². The van der Waals surface area contributed by atoms with Gasteiger partial charge in [-0.1, -0.05) is 12.1 Å². The van der Waals surface area contributed by atoms with Gasteiger partial charge >= 0.3 is 16.6 Å². The molecule has 2 unspecified atom stereocenters. The van der Waals surface area contributed by atoms with Crippen LogP contribution in [0.1, 0.15) is 12.0 Å². The third kappa shape index (κ3) is 7.40. The Labute approximate surface area is 165 Å². The van der Waals surface area contributed by atoms with E-state index in [4.69, 9.17) is 4.74 Å². The van der Waals surface area contributed by atoms with Gasteiger partial charge in [0.25, 0.3) is 0 Å². The van der Waals surface area contributed by atoms with E-state index in [0.29, 0.717) is 32.0 Å². The summed E-state index contributed by atoms with van der Waals surface area (Å²) in [4.78, 5) is 15.7. The van der Waals surface area contributed by atoms with Gasteiger partial charge in [-0.2, -0.15) is 13.2 Å². The third-order valence-electron chi connectivity index (χ3n) is 4.37. The molecule has 0 bridgehead atoms. The summed E-state index contributed by atoms with van der Waals surface area (Å²) >= 11 is -3.40. The molecule has 6 nitrogen and oxygen atoms in total. The lowest BCUT2D eigenvalue weighted by molar-refractivity contribution is -0.130. The second kappa shape index (κ2) is 10.2. The van der Waals surface area contributed by atoms with E-state index in [2.05, 4.69) is 4.18 Å². The number of halogens is 3. The second-order valence-corrected chi connectivity index (χ2v) is 8.01. The average molecular weight is 422 g/mol. The van der Waals surface area contributed by atoms with Crippen LogP contribution in [-0.4, -0.2) is 72.4 Å². The van der Waals surface area contributed by atoms with Crippen LogP contribution in [-0.2, 0) is 27.0 Å². The van der Waals surface area contributed by atoms with Crippen molar-refractivity contribution < 1.29 is 31.1 Å². The summed E-state index contributed by atoms with van der Waals surface area (Å²) in [5.74, 6) is 0.240. The molecule has 1 aromatic rings. The Hall–Kier alpha value is -1.65. The van der Waals surface area contributed by atoms with Gasteiger partial charge in [0.05, 0.1) is 13.2 Å². The zero-order valence-electron chi connectivity index (χ0n) is 15.9. The van der Waals surface area contributed by atoms with E-state index in [-0.39, 0.29) is 18.2 Å². The van der Waals surface area contributed by atoms with Gasteiger partial charge in [0.1, 0.15) is 5.75 Å². The van der Waals surface area contributed by atoms with Gasteiger partial charge in [-0.15, -0.1) is 0 Å². The molecule has 0 N–H and O–H groups in total. The number of hydrogen-bond donors (Lipinski definition) is 0. The van der Waals surface area contributed by atoms with E-state index in [1.165, 1.54) is 17.0 Å². The summed E-state index contributed by atoms with van der Waals surface area (Å²) in [7, 11) is 3.39. The van der Waals surface area contributed by atoms with Crippen molar-refractivity contribution in [3.63, 3.8) is 0 Å². The summed E-state index contributed by atoms with van der Waals surface area (Å²) < 4.78 is 58.1. The van der Waals surface area contributed by atoms with Gasteiger partial charge in [-0.05, 0) is 36.5 Å². The number of likely N-dealkylation sites (N-methyl/N-ethyl adjacent to an activating group) is 1. The number of benzene rings is 1. The van der Waals surface area contributed by atoms with Crippen molar-refractivity contribution in [2.45, 2.75) is 18.3 Å². The van der Waals surface area contributed by atoms with Crippen molar-refractivity contribution in [3.8, 4) is 5.75 Å². The van der Waals surface area contributed by atoms with Crippen LogP contribution in [0.25, 0.3) is 0 Å². The standard InChI is InChI=1S/C18H25F3N2O4S/c1-22(2)17(24)12-23(11-15-7-9-26-13-15)8-6-14-4-3-5-16(10-14)27-28(25)18(19,20)21/h3-5,10,15H,6-9,11-13H2,1-2H3. The largest absolute Gasteiger partial charge is 0.508 e. The molecule has 0 saturated carbocycles. The third-order valence-corrected chi connectivity index (χ3v) is 5.10. The molecule has 10 heteroatoms. The lowest BCUT2D eigenvalue weighted by atomic mass is 10.1. The minimum absolute atomic E-state index is 0.0171. The van der Waals surface area contributed by atoms with Gasteiger partial charge in [-0.25, -0.2) is 4.21 Å². The quantitative estimate of drug-likeness (QED) is 0.611. The summed E-state index contributed by atoms with van der Waals surface area (Å²) in [5.41, 5.74) is -4.19. The number of rotatable bonds is 9. The van der Waals surface area contributed by atoms with Crippen molar-refractivity contribution in [3.05, 3.63) is 29.8 Å². The van der Waals surface area contributed by atoms with E-state index >= 15 is 0 Å². The summed E-state index contributed by atoms with van der Waals surface area (Å²) in [6.45, 7) is 2.92. The van der Waals surface area contributed by atoms with Crippen LogP contribution in [0.5, 0.6) is 5.75 Å². The van der Waals surface area contributed by atoms with E-state index in [1.807, 2.05) is 4.90 Å². The van der Waals surface area contributed by atoms with Crippen LogP contribution in [0.3, 0.4) is 0 Å². The lowest BCUT2D eigenvalue weighted by Gasteiger charge is -2.26. The van der Waals surface area contributed by atoms with E-state index in [1.54, 1.807) is 26.2 Å². The van der Waals surface area contributed by atoms with E-state index < -0.39 is 16.6 Å². The van der Waals surface area contributed by atoms with Gasteiger partial charge in [-0.3, -0.25) is 9.69 Å². The first-order valence-corrected chi connectivity index (χ1v) is 9.98. The first kappa shape index (κ1) is 22.6. The fourth-order valence-electron chi connectivity index (χ4n) is 2.83. The monoisotopic (exact) mass is 422 g/mol. The first-order valence-electron chi connectivity index (χ1n) is 8.91. The molecule has 1 aliphatic rings. The van der Waals surface area contributed by atoms with Crippen molar-refractivity contribution in [2.75, 3.05) is 46.9 Å². The molecule has 2 rings (SSSR count). The van der Waals surface area contributed by atoms with Crippen molar-refractivity contribution in [2.24, 2.45) is 5.92 Å². The Morgan fingerprint density at radius 2 is 2.11 bits per heavy atom. The smallest absolute Gasteiger partial charge is 0.394 e. The van der Waals surface area contributed by atoms with Crippen molar-refractivity contribution in [1.82, 2.24) is 9.80 Å². The normalized spacial score (nSPS) is 18.3. The number of carbonyl (C=O) groups excluding carboxylic acids is 1. The number of carbonyl (C=O) groups is 1. The number of hydrogen-bond acceptors (Lipinski definition) is 5. The lowest BCUT2D eigenvalue weighted by Crippen LogP contribution is -2.40. The highest BCUT2D eigenvalue weighted by molar-refractivity contribution is 7.81. The minimum atomic E-state index is -4.93. The summed E-state index contributed by atoms with van der Waals surface area (Å²) in [6, 6.07) is 6.08. The predicted molar refractivity (Wildman–Crippen MR) is 99.0 cm³/mol. The van der Waals surface area contributed by atoms with Crippen LogP contribution in [0, 0.1) is 5.92 Å².